The molecule has 1 atom stereocenters. The zero-order chi connectivity index (χ0) is 13.8. The number of rotatable bonds is 4. The van der Waals surface area contributed by atoms with E-state index in [4.69, 9.17) is 0 Å². The predicted octanol–water partition coefficient (Wildman–Crippen LogP) is 2.73. The summed E-state index contributed by atoms with van der Waals surface area (Å²) >= 11 is 0. The Morgan fingerprint density at radius 2 is 1.95 bits per heavy atom. The van der Waals surface area contributed by atoms with Crippen LogP contribution in [-0.2, 0) is 0 Å². The van der Waals surface area contributed by atoms with Crippen LogP contribution in [-0.4, -0.2) is 43.4 Å². The van der Waals surface area contributed by atoms with Gasteiger partial charge in [0.15, 0.2) is 0 Å². The van der Waals surface area contributed by atoms with E-state index in [2.05, 4.69) is 36.6 Å². The number of nitrogens with zero attached hydrogens (tertiary/aromatic N) is 2. The molecule has 0 unspecified atom stereocenters. The standard InChI is InChI=1S/C16H24N2O/c1-4-14(3)17-7-9-18(10-8-17)16-6-5-15(12-19)11-13(16)2/h5-6,11-12,14H,4,7-10H2,1-3H3/t14-/m1/s1. The second kappa shape index (κ2) is 6.20. The summed E-state index contributed by atoms with van der Waals surface area (Å²) in [6, 6.07) is 6.65. The summed E-state index contributed by atoms with van der Waals surface area (Å²) < 4.78 is 0. The van der Waals surface area contributed by atoms with Gasteiger partial charge in [-0.3, -0.25) is 9.69 Å². The zero-order valence-electron chi connectivity index (χ0n) is 12.2. The minimum Gasteiger partial charge on any atom is -0.369 e. The third kappa shape index (κ3) is 3.16. The summed E-state index contributed by atoms with van der Waals surface area (Å²) in [6.07, 6.45) is 2.13. The Kier molecular flexibility index (Phi) is 4.59. The van der Waals surface area contributed by atoms with Crippen LogP contribution in [0.4, 0.5) is 5.69 Å². The van der Waals surface area contributed by atoms with Crippen molar-refractivity contribution in [2.45, 2.75) is 33.2 Å². The van der Waals surface area contributed by atoms with Crippen molar-refractivity contribution in [1.29, 1.82) is 0 Å². The Labute approximate surface area is 116 Å². The van der Waals surface area contributed by atoms with Crippen LogP contribution in [0.2, 0.25) is 0 Å². The van der Waals surface area contributed by atoms with Gasteiger partial charge in [-0.2, -0.15) is 0 Å². The summed E-state index contributed by atoms with van der Waals surface area (Å²) in [4.78, 5) is 15.8. The number of hydrogen-bond acceptors (Lipinski definition) is 3. The molecule has 1 saturated heterocycles. The van der Waals surface area contributed by atoms with Crippen LogP contribution in [0.1, 0.15) is 36.2 Å². The second-order valence-electron chi connectivity index (χ2n) is 5.44. The van der Waals surface area contributed by atoms with Crippen LogP contribution in [0.5, 0.6) is 0 Å². The maximum absolute atomic E-state index is 10.8. The molecule has 0 aliphatic carbocycles. The minimum atomic E-state index is 0.681. The number of anilines is 1. The van der Waals surface area contributed by atoms with Crippen LogP contribution in [0.25, 0.3) is 0 Å². The number of aryl methyl sites for hydroxylation is 1. The Bertz CT molecular complexity index is 436. The molecule has 0 N–H and O–H groups in total. The molecular weight excluding hydrogens is 236 g/mol. The molecule has 3 heteroatoms. The van der Waals surface area contributed by atoms with Gasteiger partial charge >= 0.3 is 0 Å². The lowest BCUT2D eigenvalue weighted by Gasteiger charge is -2.39. The van der Waals surface area contributed by atoms with E-state index in [-0.39, 0.29) is 0 Å². The fourth-order valence-corrected chi connectivity index (χ4v) is 2.77. The third-order valence-electron chi connectivity index (χ3n) is 4.23. The molecule has 1 aliphatic heterocycles. The van der Waals surface area contributed by atoms with Crippen molar-refractivity contribution in [2.75, 3.05) is 31.1 Å². The van der Waals surface area contributed by atoms with Gasteiger partial charge in [0.05, 0.1) is 0 Å². The van der Waals surface area contributed by atoms with Crippen LogP contribution >= 0.6 is 0 Å². The van der Waals surface area contributed by atoms with Crippen LogP contribution in [0.3, 0.4) is 0 Å². The fraction of sp³-hybridized carbons (Fsp3) is 0.562. The first-order chi connectivity index (χ1) is 9.15. The van der Waals surface area contributed by atoms with Crippen molar-refractivity contribution in [3.8, 4) is 0 Å². The summed E-state index contributed by atoms with van der Waals surface area (Å²) in [6.45, 7) is 11.0. The Balaban J connectivity index is 2.03. The average molecular weight is 260 g/mol. The first-order valence-corrected chi connectivity index (χ1v) is 7.20. The monoisotopic (exact) mass is 260 g/mol. The van der Waals surface area contributed by atoms with E-state index in [1.807, 2.05) is 12.1 Å². The van der Waals surface area contributed by atoms with E-state index in [0.717, 1.165) is 38.0 Å². The summed E-state index contributed by atoms with van der Waals surface area (Å²) in [5.41, 5.74) is 3.23. The van der Waals surface area contributed by atoms with Crippen molar-refractivity contribution in [3.05, 3.63) is 29.3 Å². The van der Waals surface area contributed by atoms with Gasteiger partial charge in [-0.25, -0.2) is 0 Å². The highest BCUT2D eigenvalue weighted by Gasteiger charge is 2.21. The van der Waals surface area contributed by atoms with Gasteiger partial charge in [0.25, 0.3) is 0 Å². The minimum absolute atomic E-state index is 0.681. The van der Waals surface area contributed by atoms with Crippen molar-refractivity contribution in [3.63, 3.8) is 0 Å². The van der Waals surface area contributed by atoms with E-state index in [9.17, 15) is 4.79 Å². The number of benzene rings is 1. The first-order valence-electron chi connectivity index (χ1n) is 7.20. The van der Waals surface area contributed by atoms with E-state index >= 15 is 0 Å². The van der Waals surface area contributed by atoms with E-state index in [1.165, 1.54) is 17.7 Å². The molecule has 1 fully saturated rings. The summed E-state index contributed by atoms with van der Waals surface area (Å²) in [5, 5.41) is 0. The largest absolute Gasteiger partial charge is 0.369 e. The molecule has 0 radical (unpaired) electrons. The maximum Gasteiger partial charge on any atom is 0.150 e. The lowest BCUT2D eigenvalue weighted by Crippen LogP contribution is -2.49. The predicted molar refractivity (Wildman–Crippen MR) is 80.1 cm³/mol. The quantitative estimate of drug-likeness (QED) is 0.778. The molecule has 1 aliphatic rings. The number of carbonyl (C=O) groups excluding carboxylic acids is 1. The zero-order valence-corrected chi connectivity index (χ0v) is 12.2. The van der Waals surface area contributed by atoms with Crippen molar-refractivity contribution in [1.82, 2.24) is 4.90 Å². The molecule has 0 spiro atoms. The Morgan fingerprint density at radius 1 is 1.26 bits per heavy atom. The van der Waals surface area contributed by atoms with Gasteiger partial charge in [-0.15, -0.1) is 0 Å². The Hall–Kier alpha value is -1.35. The van der Waals surface area contributed by atoms with Crippen molar-refractivity contribution >= 4 is 12.0 Å². The second-order valence-corrected chi connectivity index (χ2v) is 5.44. The lowest BCUT2D eigenvalue weighted by molar-refractivity contribution is 0.112. The molecule has 2 rings (SSSR count). The van der Waals surface area contributed by atoms with E-state index in [0.29, 0.717) is 6.04 Å². The third-order valence-corrected chi connectivity index (χ3v) is 4.23. The SMILES string of the molecule is CC[C@@H](C)N1CCN(c2ccc(C=O)cc2C)CC1. The Morgan fingerprint density at radius 3 is 2.47 bits per heavy atom. The number of carbonyl (C=O) groups is 1. The molecule has 19 heavy (non-hydrogen) atoms. The number of piperazine rings is 1. The van der Waals surface area contributed by atoms with Crippen LogP contribution < -0.4 is 4.90 Å². The van der Waals surface area contributed by atoms with Crippen LogP contribution in [0.15, 0.2) is 18.2 Å². The normalized spacial score (nSPS) is 18.4. The molecule has 104 valence electrons. The van der Waals surface area contributed by atoms with E-state index in [1.54, 1.807) is 0 Å². The van der Waals surface area contributed by atoms with Gasteiger partial charge in [-0.1, -0.05) is 6.92 Å². The van der Waals surface area contributed by atoms with Crippen molar-refractivity contribution < 1.29 is 4.79 Å². The first kappa shape index (κ1) is 14.1. The van der Waals surface area contributed by atoms with Crippen molar-refractivity contribution in [2.24, 2.45) is 0 Å². The highest BCUT2D eigenvalue weighted by molar-refractivity contribution is 5.77. The van der Waals surface area contributed by atoms with E-state index < -0.39 is 0 Å². The molecule has 0 saturated carbocycles. The van der Waals surface area contributed by atoms with Gasteiger partial charge in [0, 0.05) is 43.5 Å². The number of aldehydes is 1. The molecule has 3 nitrogen and oxygen atoms in total. The van der Waals surface area contributed by atoms with Gasteiger partial charge in [-0.05, 0) is 44.0 Å². The topological polar surface area (TPSA) is 23.6 Å². The molecule has 0 bridgehead atoms. The fourth-order valence-electron chi connectivity index (χ4n) is 2.77. The molecule has 1 aromatic carbocycles. The molecule has 0 amide bonds. The maximum atomic E-state index is 10.8. The smallest absolute Gasteiger partial charge is 0.150 e. The van der Waals surface area contributed by atoms with Crippen LogP contribution in [0, 0.1) is 6.92 Å². The highest BCUT2D eigenvalue weighted by atomic mass is 16.1. The molecule has 0 aromatic heterocycles. The van der Waals surface area contributed by atoms with Gasteiger partial charge in [0.2, 0.25) is 0 Å². The molecule has 1 aromatic rings. The summed E-state index contributed by atoms with van der Waals surface area (Å²) in [7, 11) is 0. The summed E-state index contributed by atoms with van der Waals surface area (Å²) in [5.74, 6) is 0. The highest BCUT2D eigenvalue weighted by Crippen LogP contribution is 2.22. The molecule has 1 heterocycles. The lowest BCUT2D eigenvalue weighted by atomic mass is 10.1. The molecular formula is C16H24N2O. The van der Waals surface area contributed by atoms with Gasteiger partial charge < -0.3 is 4.90 Å². The van der Waals surface area contributed by atoms with Gasteiger partial charge in [0.1, 0.15) is 6.29 Å². The number of hydrogen-bond donors (Lipinski definition) is 0. The average Bonchev–Trinajstić information content (AvgIpc) is 2.46.